The van der Waals surface area contributed by atoms with Crippen molar-refractivity contribution in [1.82, 2.24) is 40.0 Å². The number of carbonyl (C=O) groups excluding carboxylic acids is 4. The van der Waals surface area contributed by atoms with E-state index in [0.717, 1.165) is 12.8 Å². The number of hydrogen-bond donors (Lipinski definition) is 3. The van der Waals surface area contributed by atoms with Crippen molar-refractivity contribution >= 4 is 44.7 Å². The minimum Gasteiger partial charge on any atom is -0.471 e. The van der Waals surface area contributed by atoms with Gasteiger partial charge in [-0.25, -0.2) is 22.8 Å². The van der Waals surface area contributed by atoms with Crippen molar-refractivity contribution in [2.24, 2.45) is 13.0 Å². The van der Waals surface area contributed by atoms with Crippen LogP contribution in [0.25, 0.3) is 11.0 Å². The van der Waals surface area contributed by atoms with E-state index in [2.05, 4.69) is 30.4 Å². The van der Waals surface area contributed by atoms with E-state index in [0.29, 0.717) is 55.4 Å². The highest BCUT2D eigenvalue weighted by Crippen LogP contribution is 2.36. The number of aromatic nitrogens is 4. The molecule has 17 heteroatoms. The predicted molar refractivity (Wildman–Crippen MR) is 198 cm³/mol. The average molecular weight is 777 g/mol. The zero-order valence-corrected chi connectivity index (χ0v) is 31.8. The summed E-state index contributed by atoms with van der Waals surface area (Å²) in [6.45, 7) is 3.53. The van der Waals surface area contributed by atoms with Crippen LogP contribution in [0, 0.1) is 18.7 Å². The smallest absolute Gasteiger partial charge is 0.270 e. The number of halogens is 1. The van der Waals surface area contributed by atoms with Crippen LogP contribution in [-0.2, 0) is 37.9 Å². The molecule has 4 aliphatic rings. The summed E-state index contributed by atoms with van der Waals surface area (Å²) in [6.07, 6.45) is 10.4. The van der Waals surface area contributed by atoms with Crippen LogP contribution >= 0.6 is 0 Å². The molecule has 7 rings (SSSR count). The van der Waals surface area contributed by atoms with Crippen molar-refractivity contribution in [3.05, 3.63) is 71.5 Å². The summed E-state index contributed by atoms with van der Waals surface area (Å²) in [4.78, 5) is 67.1. The molecule has 2 fully saturated rings. The lowest BCUT2D eigenvalue weighted by Crippen LogP contribution is -2.67. The Kier molecular flexibility index (Phi) is 10.5. The Labute approximate surface area is 318 Å². The lowest BCUT2D eigenvalue weighted by atomic mass is 9.73. The van der Waals surface area contributed by atoms with E-state index in [1.165, 1.54) is 33.9 Å². The van der Waals surface area contributed by atoms with Gasteiger partial charge in [-0.15, -0.1) is 0 Å². The second-order valence-corrected chi connectivity index (χ2v) is 16.7. The third-order valence-electron chi connectivity index (χ3n) is 10.7. The van der Waals surface area contributed by atoms with Gasteiger partial charge in [0.1, 0.15) is 40.9 Å². The fourth-order valence-electron chi connectivity index (χ4n) is 7.44. The molecule has 4 amide bonds. The number of nitrogens with one attached hydrogen (secondary N) is 3. The zero-order chi connectivity index (χ0) is 39.1. The monoisotopic (exact) mass is 776 g/mol. The van der Waals surface area contributed by atoms with Crippen LogP contribution in [0.4, 0.5) is 4.39 Å². The second-order valence-electron chi connectivity index (χ2n) is 14.7. The van der Waals surface area contributed by atoms with Crippen LogP contribution in [0.15, 0.2) is 48.6 Å². The first-order valence-corrected chi connectivity index (χ1v) is 20.3. The molecule has 5 atom stereocenters. The molecule has 3 N–H and O–H groups in total. The van der Waals surface area contributed by atoms with Gasteiger partial charge in [0, 0.05) is 25.5 Å². The van der Waals surface area contributed by atoms with Crippen LogP contribution in [0.3, 0.4) is 0 Å². The van der Waals surface area contributed by atoms with Gasteiger partial charge >= 0.3 is 0 Å². The minimum atomic E-state index is -3.96. The van der Waals surface area contributed by atoms with E-state index in [-0.39, 0.29) is 30.1 Å². The number of ether oxygens (including phenoxy) is 1. The largest absolute Gasteiger partial charge is 0.471 e. The SMILES string of the molecule is CCc1nc2ccc(F)cc2nc1OC1CC2C(=O)NC3(C(=O)NS(=O)(=O)C4CC4)C=CC3C=CCCCCCC(NC(=O)c3cc(C)nn3C)C(=O)N2C1. The lowest BCUT2D eigenvalue weighted by Gasteiger charge is -2.42. The Morgan fingerprint density at radius 3 is 2.56 bits per heavy atom. The van der Waals surface area contributed by atoms with Crippen molar-refractivity contribution in [2.75, 3.05) is 6.54 Å². The molecule has 2 aliphatic carbocycles. The van der Waals surface area contributed by atoms with Gasteiger partial charge in [-0.2, -0.15) is 5.10 Å². The van der Waals surface area contributed by atoms with Crippen molar-refractivity contribution in [2.45, 2.75) is 101 Å². The highest BCUT2D eigenvalue weighted by molar-refractivity contribution is 7.91. The van der Waals surface area contributed by atoms with Gasteiger partial charge in [0.15, 0.2) is 0 Å². The van der Waals surface area contributed by atoms with Gasteiger partial charge < -0.3 is 20.3 Å². The van der Waals surface area contributed by atoms with Crippen molar-refractivity contribution in [3.63, 3.8) is 0 Å². The third kappa shape index (κ3) is 7.84. The maximum absolute atomic E-state index is 14.6. The molecular formula is C38H45FN8O7S. The molecule has 3 aromatic rings. The maximum Gasteiger partial charge on any atom is 0.270 e. The highest BCUT2D eigenvalue weighted by atomic mass is 32.2. The summed E-state index contributed by atoms with van der Waals surface area (Å²) in [7, 11) is -2.33. The third-order valence-corrected chi connectivity index (χ3v) is 12.5. The Balaban J connectivity index is 1.23. The van der Waals surface area contributed by atoms with E-state index in [9.17, 15) is 32.0 Å². The van der Waals surface area contributed by atoms with Gasteiger partial charge in [-0.3, -0.25) is 28.6 Å². The summed E-state index contributed by atoms with van der Waals surface area (Å²) in [6, 6.07) is 3.46. The van der Waals surface area contributed by atoms with E-state index >= 15 is 0 Å². The molecule has 0 bridgehead atoms. The summed E-state index contributed by atoms with van der Waals surface area (Å²) in [5.74, 6) is -3.64. The first-order chi connectivity index (χ1) is 26.3. The summed E-state index contributed by atoms with van der Waals surface area (Å²) < 4.78 is 50.0. The van der Waals surface area contributed by atoms with E-state index in [1.807, 2.05) is 13.0 Å². The number of nitrogens with zero attached hydrogens (tertiary/aromatic N) is 5. The first kappa shape index (κ1) is 38.1. The molecule has 55 heavy (non-hydrogen) atoms. The van der Waals surface area contributed by atoms with Gasteiger partial charge in [-0.1, -0.05) is 44.1 Å². The molecule has 2 aromatic heterocycles. The average Bonchev–Trinajstić information content (AvgIpc) is 3.84. The molecule has 15 nitrogen and oxygen atoms in total. The quantitative estimate of drug-likeness (QED) is 0.287. The molecular weight excluding hydrogens is 732 g/mol. The van der Waals surface area contributed by atoms with E-state index < -0.39 is 74.4 Å². The first-order valence-electron chi connectivity index (χ1n) is 18.8. The number of sulfonamides is 1. The molecule has 2 aliphatic heterocycles. The molecule has 1 aromatic carbocycles. The van der Waals surface area contributed by atoms with Gasteiger partial charge in [0.25, 0.3) is 11.8 Å². The summed E-state index contributed by atoms with van der Waals surface area (Å²) in [5.41, 5.74) is 0.397. The fourth-order valence-corrected chi connectivity index (χ4v) is 8.79. The van der Waals surface area contributed by atoms with Crippen LogP contribution < -0.4 is 20.1 Å². The van der Waals surface area contributed by atoms with Crippen molar-refractivity contribution in [3.8, 4) is 5.88 Å². The molecule has 1 saturated heterocycles. The minimum absolute atomic E-state index is 0.0342. The summed E-state index contributed by atoms with van der Waals surface area (Å²) in [5, 5.41) is 9.30. The number of amides is 4. The van der Waals surface area contributed by atoms with E-state index in [4.69, 9.17) is 4.74 Å². The van der Waals surface area contributed by atoms with Crippen LogP contribution in [0.1, 0.15) is 80.2 Å². The van der Waals surface area contributed by atoms with Gasteiger partial charge in [-0.05, 0) is 63.6 Å². The number of benzene rings is 1. The number of carbonyl (C=O) groups is 4. The van der Waals surface area contributed by atoms with Crippen LogP contribution in [0.2, 0.25) is 0 Å². The maximum atomic E-state index is 14.6. The second kappa shape index (κ2) is 15.2. The van der Waals surface area contributed by atoms with Crippen LogP contribution in [-0.4, -0.2) is 92.2 Å². The Hall–Kier alpha value is -5.19. The number of rotatable bonds is 8. The summed E-state index contributed by atoms with van der Waals surface area (Å²) >= 11 is 0. The number of fused-ring (bicyclic) bond motifs is 3. The van der Waals surface area contributed by atoms with Crippen LogP contribution in [0.5, 0.6) is 5.88 Å². The van der Waals surface area contributed by atoms with Crippen molar-refractivity contribution in [1.29, 1.82) is 0 Å². The Morgan fingerprint density at radius 1 is 1.07 bits per heavy atom. The Bertz CT molecular complexity index is 2200. The molecule has 0 spiro atoms. The predicted octanol–water partition coefficient (Wildman–Crippen LogP) is 2.69. The topological polar surface area (TPSA) is 195 Å². The van der Waals surface area contributed by atoms with Gasteiger partial charge in [0.2, 0.25) is 27.7 Å². The molecule has 0 radical (unpaired) electrons. The van der Waals surface area contributed by atoms with Gasteiger partial charge in [0.05, 0.1) is 28.5 Å². The highest BCUT2D eigenvalue weighted by Gasteiger charge is 2.53. The normalized spacial score (nSPS) is 25.9. The van der Waals surface area contributed by atoms with E-state index in [1.54, 1.807) is 32.2 Å². The van der Waals surface area contributed by atoms with Crippen molar-refractivity contribution < 1.29 is 36.7 Å². The number of hydrogen-bond acceptors (Lipinski definition) is 10. The molecule has 1 saturated carbocycles. The molecule has 4 heterocycles. The number of allylic oxidation sites excluding steroid dienone is 1. The molecule has 292 valence electrons. The lowest BCUT2D eigenvalue weighted by molar-refractivity contribution is -0.142. The molecule has 5 unspecified atom stereocenters. The Morgan fingerprint density at radius 2 is 1.87 bits per heavy atom. The zero-order valence-electron chi connectivity index (χ0n) is 31.0. The standard InChI is InChI=1S/C38H45FN8O7S/c1-4-27-35(42-30-19-24(39)12-15-28(30)40-27)54-25-20-32-34(49)43-38(37(51)45-55(52,53)26-13-14-26)17-16-23(38)10-8-6-5-7-9-11-29(36(50)47(32)21-25)41-33(48)31-18-22(2)44-46(31)3/h8,10,12,15-19,23,25-26,29,32H,4-7,9,11,13-14,20-21H2,1-3H3,(H,41,48)(H,43,49)(H,45,51). The fraction of sp³-hybridized carbons (Fsp3) is 0.500. The number of aryl methyl sites for hydroxylation is 3.